The Balaban J connectivity index is 2.06. The Kier molecular flexibility index (Phi) is 6.61. The summed E-state index contributed by atoms with van der Waals surface area (Å²) in [4.78, 5) is 11.1. The van der Waals surface area contributed by atoms with Gasteiger partial charge in [0.1, 0.15) is 11.5 Å². The lowest BCUT2D eigenvalue weighted by Gasteiger charge is -2.30. The van der Waals surface area contributed by atoms with Gasteiger partial charge in [0.15, 0.2) is 9.84 Å². The standard InChI is InChI=1S/C15H19F3N2O6S2/c1-19-14(21)10-27(22,23)12-6-8-20(9-7-12)28(24,25)13-4-2-11(3-5-13)26-15(16,17)18/h2-5,12H,6-10H2,1H3,(H,19,21). The van der Waals surface area contributed by atoms with Crippen molar-refractivity contribution in [3.8, 4) is 5.75 Å². The van der Waals surface area contributed by atoms with Crippen molar-refractivity contribution in [2.24, 2.45) is 0 Å². The fourth-order valence-corrected chi connectivity index (χ4v) is 5.91. The molecule has 0 aromatic heterocycles. The van der Waals surface area contributed by atoms with E-state index in [9.17, 15) is 34.8 Å². The summed E-state index contributed by atoms with van der Waals surface area (Å²) in [5, 5.41) is 1.39. The van der Waals surface area contributed by atoms with Crippen molar-refractivity contribution in [2.75, 3.05) is 25.9 Å². The molecule has 8 nitrogen and oxygen atoms in total. The fraction of sp³-hybridized carbons (Fsp3) is 0.533. The molecule has 1 N–H and O–H groups in total. The summed E-state index contributed by atoms with van der Waals surface area (Å²) < 4.78 is 90.9. The smallest absolute Gasteiger partial charge is 0.406 e. The van der Waals surface area contributed by atoms with Crippen molar-refractivity contribution >= 4 is 25.8 Å². The van der Waals surface area contributed by atoms with E-state index >= 15 is 0 Å². The van der Waals surface area contributed by atoms with Crippen LogP contribution in [0.3, 0.4) is 0 Å². The van der Waals surface area contributed by atoms with Crippen LogP contribution >= 0.6 is 0 Å². The molecule has 0 radical (unpaired) electrons. The number of piperidine rings is 1. The third kappa shape index (κ3) is 5.58. The molecule has 0 atom stereocenters. The lowest BCUT2D eigenvalue weighted by molar-refractivity contribution is -0.274. The zero-order valence-electron chi connectivity index (χ0n) is 14.8. The molecule has 28 heavy (non-hydrogen) atoms. The maximum absolute atomic E-state index is 12.6. The van der Waals surface area contributed by atoms with Gasteiger partial charge in [-0.1, -0.05) is 0 Å². The van der Waals surface area contributed by atoms with Crippen LogP contribution in [0.5, 0.6) is 5.75 Å². The van der Waals surface area contributed by atoms with Gasteiger partial charge in [-0.15, -0.1) is 13.2 Å². The van der Waals surface area contributed by atoms with E-state index in [2.05, 4.69) is 10.1 Å². The van der Waals surface area contributed by atoms with E-state index in [0.717, 1.165) is 28.6 Å². The van der Waals surface area contributed by atoms with Crippen LogP contribution in [0.4, 0.5) is 13.2 Å². The quantitative estimate of drug-likeness (QED) is 0.698. The number of ether oxygens (including phenoxy) is 1. The molecule has 1 aromatic carbocycles. The Hall–Kier alpha value is -1.86. The SMILES string of the molecule is CNC(=O)CS(=O)(=O)C1CCN(S(=O)(=O)c2ccc(OC(F)(F)F)cc2)CC1. The molecule has 0 aliphatic carbocycles. The van der Waals surface area contributed by atoms with E-state index in [1.807, 2.05) is 0 Å². The van der Waals surface area contributed by atoms with Crippen LogP contribution in [0.1, 0.15) is 12.8 Å². The Labute approximate surface area is 160 Å². The molecule has 158 valence electrons. The second kappa shape index (κ2) is 8.25. The number of nitrogens with one attached hydrogen (secondary N) is 1. The lowest BCUT2D eigenvalue weighted by atomic mass is 10.2. The third-order valence-electron chi connectivity index (χ3n) is 4.22. The molecule has 13 heteroatoms. The molecule has 1 saturated heterocycles. The first-order chi connectivity index (χ1) is 12.8. The highest BCUT2D eigenvalue weighted by Crippen LogP contribution is 2.27. The Morgan fingerprint density at radius 3 is 2.14 bits per heavy atom. The van der Waals surface area contributed by atoms with Crippen LogP contribution < -0.4 is 10.1 Å². The second-order valence-corrected chi connectivity index (χ2v) is 10.3. The van der Waals surface area contributed by atoms with Crippen molar-refractivity contribution in [1.29, 1.82) is 0 Å². The van der Waals surface area contributed by atoms with Gasteiger partial charge in [-0.3, -0.25) is 4.79 Å². The molecule has 1 amide bonds. The van der Waals surface area contributed by atoms with Crippen molar-refractivity contribution in [3.05, 3.63) is 24.3 Å². The van der Waals surface area contributed by atoms with Gasteiger partial charge in [0.2, 0.25) is 15.9 Å². The number of benzene rings is 1. The highest BCUT2D eigenvalue weighted by Gasteiger charge is 2.36. The van der Waals surface area contributed by atoms with Crippen LogP contribution in [-0.4, -0.2) is 64.6 Å². The summed E-state index contributed by atoms with van der Waals surface area (Å²) >= 11 is 0. The summed E-state index contributed by atoms with van der Waals surface area (Å²) in [7, 11) is -6.39. The summed E-state index contributed by atoms with van der Waals surface area (Å²) in [6.07, 6.45) is -4.84. The number of nitrogens with zero attached hydrogens (tertiary/aromatic N) is 1. The first kappa shape index (κ1) is 22.4. The molecule has 1 aliphatic heterocycles. The lowest BCUT2D eigenvalue weighted by Crippen LogP contribution is -2.44. The van der Waals surface area contributed by atoms with E-state index in [0.29, 0.717) is 0 Å². The first-order valence-electron chi connectivity index (χ1n) is 8.13. The van der Waals surface area contributed by atoms with E-state index in [4.69, 9.17) is 0 Å². The maximum Gasteiger partial charge on any atom is 0.573 e. The fourth-order valence-electron chi connectivity index (χ4n) is 2.77. The number of carbonyl (C=O) groups excluding carboxylic acids is 1. The molecule has 2 rings (SSSR count). The number of hydrogen-bond donors (Lipinski definition) is 1. The number of hydrogen-bond acceptors (Lipinski definition) is 6. The number of sulfonamides is 1. The van der Waals surface area contributed by atoms with Crippen molar-refractivity contribution in [3.63, 3.8) is 0 Å². The molecule has 0 bridgehead atoms. The number of sulfone groups is 1. The molecular weight excluding hydrogens is 425 g/mol. The monoisotopic (exact) mass is 444 g/mol. The Morgan fingerprint density at radius 1 is 1.14 bits per heavy atom. The number of amides is 1. The topological polar surface area (TPSA) is 110 Å². The zero-order chi connectivity index (χ0) is 21.2. The number of carbonyl (C=O) groups is 1. The van der Waals surface area contributed by atoms with Crippen LogP contribution in [0.2, 0.25) is 0 Å². The van der Waals surface area contributed by atoms with Gasteiger partial charge in [-0.2, -0.15) is 4.31 Å². The normalized spacial score (nSPS) is 17.3. The third-order valence-corrected chi connectivity index (χ3v) is 8.28. The van der Waals surface area contributed by atoms with Crippen LogP contribution in [-0.2, 0) is 24.7 Å². The zero-order valence-corrected chi connectivity index (χ0v) is 16.4. The average molecular weight is 444 g/mol. The molecule has 1 aliphatic rings. The van der Waals surface area contributed by atoms with Crippen LogP contribution in [0.15, 0.2) is 29.2 Å². The van der Waals surface area contributed by atoms with Gasteiger partial charge < -0.3 is 10.1 Å². The number of rotatable bonds is 6. The largest absolute Gasteiger partial charge is 0.573 e. The average Bonchev–Trinajstić information content (AvgIpc) is 2.60. The minimum Gasteiger partial charge on any atom is -0.406 e. The summed E-state index contributed by atoms with van der Waals surface area (Å²) in [6.45, 7) is -0.165. The molecule has 1 aromatic rings. The van der Waals surface area contributed by atoms with Gasteiger partial charge in [-0.05, 0) is 37.1 Å². The van der Waals surface area contributed by atoms with Gasteiger partial charge >= 0.3 is 6.36 Å². The minimum atomic E-state index is -4.89. The molecule has 0 saturated carbocycles. The number of alkyl halides is 3. The van der Waals surface area contributed by atoms with E-state index in [1.165, 1.54) is 7.05 Å². The molecule has 0 spiro atoms. The molecular formula is C15H19F3N2O6S2. The number of halogens is 3. The second-order valence-electron chi connectivity index (χ2n) is 6.10. The van der Waals surface area contributed by atoms with E-state index in [-0.39, 0.29) is 30.8 Å². The molecule has 1 fully saturated rings. The van der Waals surface area contributed by atoms with Crippen LogP contribution in [0, 0.1) is 0 Å². The Bertz CT molecular complexity index is 906. The van der Waals surface area contributed by atoms with E-state index in [1.54, 1.807) is 0 Å². The Morgan fingerprint density at radius 2 is 1.68 bits per heavy atom. The highest BCUT2D eigenvalue weighted by molar-refractivity contribution is 7.92. The van der Waals surface area contributed by atoms with Crippen LogP contribution in [0.25, 0.3) is 0 Å². The van der Waals surface area contributed by atoms with Crippen molar-refractivity contribution < 1.29 is 39.5 Å². The predicted molar refractivity (Wildman–Crippen MR) is 92.8 cm³/mol. The predicted octanol–water partition coefficient (Wildman–Crippen LogP) is 0.899. The highest BCUT2D eigenvalue weighted by atomic mass is 32.2. The van der Waals surface area contributed by atoms with Gasteiger partial charge in [-0.25, -0.2) is 16.8 Å². The molecule has 1 heterocycles. The summed E-state index contributed by atoms with van der Waals surface area (Å²) in [5.74, 6) is -1.86. The minimum absolute atomic E-state index is 0.0217. The van der Waals surface area contributed by atoms with Crippen molar-refractivity contribution in [2.45, 2.75) is 29.3 Å². The maximum atomic E-state index is 12.6. The molecule has 0 unspecified atom stereocenters. The van der Waals surface area contributed by atoms with Gasteiger partial charge in [0, 0.05) is 20.1 Å². The van der Waals surface area contributed by atoms with Crippen molar-refractivity contribution in [1.82, 2.24) is 9.62 Å². The summed E-state index contributed by atoms with van der Waals surface area (Å²) in [5.41, 5.74) is 0. The summed E-state index contributed by atoms with van der Waals surface area (Å²) in [6, 6.07) is 3.76. The first-order valence-corrected chi connectivity index (χ1v) is 11.3. The van der Waals surface area contributed by atoms with Gasteiger partial charge in [0.05, 0.1) is 10.1 Å². The van der Waals surface area contributed by atoms with E-state index < -0.39 is 48.9 Å². The van der Waals surface area contributed by atoms with Gasteiger partial charge in [0.25, 0.3) is 0 Å².